The van der Waals surface area contributed by atoms with Gasteiger partial charge in [-0.2, -0.15) is 13.2 Å². The molecule has 16 heavy (non-hydrogen) atoms. The highest BCUT2D eigenvalue weighted by atomic mass is 19.4. The van der Waals surface area contributed by atoms with Gasteiger partial charge in [-0.1, -0.05) is 6.92 Å². The van der Waals surface area contributed by atoms with Crippen molar-refractivity contribution < 1.29 is 28.2 Å². The number of hydrogen-bond acceptors (Lipinski definition) is 3. The van der Waals surface area contributed by atoms with Crippen LogP contribution in [0.1, 0.15) is 22.8 Å². The van der Waals surface area contributed by atoms with Gasteiger partial charge in [0, 0.05) is 5.56 Å². The molecule has 0 spiro atoms. The third-order valence-corrected chi connectivity index (χ3v) is 2.11. The Morgan fingerprint density at radius 2 is 1.88 bits per heavy atom. The van der Waals surface area contributed by atoms with Crippen molar-refractivity contribution >= 4 is 5.78 Å². The summed E-state index contributed by atoms with van der Waals surface area (Å²) in [5, 5.41) is 18.7. The van der Waals surface area contributed by atoms with E-state index in [0.717, 1.165) is 12.1 Å². The Bertz CT molecular complexity index is 424. The Morgan fingerprint density at radius 3 is 2.31 bits per heavy atom. The second kappa shape index (κ2) is 4.03. The summed E-state index contributed by atoms with van der Waals surface area (Å²) in [6, 6.07) is 1.71. The molecule has 1 aromatic carbocycles. The van der Waals surface area contributed by atoms with E-state index in [2.05, 4.69) is 0 Å². The van der Waals surface area contributed by atoms with E-state index in [1.54, 1.807) is 0 Å². The number of rotatable bonds is 2. The molecule has 0 saturated heterocycles. The number of halogens is 3. The highest BCUT2D eigenvalue weighted by molar-refractivity contribution is 6.03. The van der Waals surface area contributed by atoms with Gasteiger partial charge in [-0.05, 0) is 18.6 Å². The summed E-state index contributed by atoms with van der Waals surface area (Å²) >= 11 is 0. The van der Waals surface area contributed by atoms with E-state index in [9.17, 15) is 28.2 Å². The minimum atomic E-state index is -5.04. The number of phenols is 2. The van der Waals surface area contributed by atoms with E-state index < -0.39 is 23.3 Å². The normalized spacial score (nSPS) is 11.5. The van der Waals surface area contributed by atoms with E-state index in [0.29, 0.717) is 0 Å². The maximum absolute atomic E-state index is 12.1. The fourth-order valence-corrected chi connectivity index (χ4v) is 1.31. The number of Topliss-reactive ketones (excluding diaryl/α,β-unsaturated/α-hetero) is 1. The summed E-state index contributed by atoms with van der Waals surface area (Å²) in [6.07, 6.45) is -4.92. The molecule has 0 atom stereocenters. The van der Waals surface area contributed by atoms with E-state index in [-0.39, 0.29) is 17.7 Å². The molecule has 0 amide bonds. The fraction of sp³-hybridized carbons (Fsp3) is 0.300. The number of ketones is 1. The minimum absolute atomic E-state index is 0.0740. The summed E-state index contributed by atoms with van der Waals surface area (Å²) in [6.45, 7) is 1.54. The van der Waals surface area contributed by atoms with Gasteiger partial charge in [-0.25, -0.2) is 0 Å². The van der Waals surface area contributed by atoms with Gasteiger partial charge in [0.15, 0.2) is 0 Å². The predicted octanol–water partition coefficient (Wildman–Crippen LogP) is 2.41. The third-order valence-electron chi connectivity index (χ3n) is 2.11. The van der Waals surface area contributed by atoms with Crippen molar-refractivity contribution in [2.75, 3.05) is 0 Å². The number of phenolic OH excluding ortho intramolecular Hbond substituents is 2. The number of hydrogen-bond donors (Lipinski definition) is 2. The van der Waals surface area contributed by atoms with Crippen LogP contribution in [0, 0.1) is 0 Å². The lowest BCUT2D eigenvalue weighted by Crippen LogP contribution is -2.23. The zero-order chi connectivity index (χ0) is 12.5. The van der Waals surface area contributed by atoms with Gasteiger partial charge >= 0.3 is 6.18 Å². The molecule has 0 heterocycles. The molecule has 0 radical (unpaired) electrons. The highest BCUT2D eigenvalue weighted by Crippen LogP contribution is 2.34. The number of carbonyl (C=O) groups excluding carboxylic acids is 1. The summed E-state index contributed by atoms with van der Waals surface area (Å²) in [5.74, 6) is -3.27. The average molecular weight is 234 g/mol. The van der Waals surface area contributed by atoms with Crippen molar-refractivity contribution in [1.29, 1.82) is 0 Å². The number of alkyl halides is 3. The van der Waals surface area contributed by atoms with Crippen molar-refractivity contribution in [3.8, 4) is 11.5 Å². The first-order chi connectivity index (χ1) is 7.29. The standard InChI is InChI=1S/C10H9F3O3/c1-2-5-7(14)4-3-6(8(5)15)9(16)10(11,12)13/h3-4,14-15H,2H2,1H3. The van der Waals surface area contributed by atoms with Gasteiger partial charge in [0.05, 0.1) is 5.56 Å². The third kappa shape index (κ3) is 2.10. The summed E-state index contributed by atoms with van der Waals surface area (Å²) in [7, 11) is 0. The van der Waals surface area contributed by atoms with Crippen LogP contribution >= 0.6 is 0 Å². The quantitative estimate of drug-likeness (QED) is 0.772. The number of carbonyl (C=O) groups is 1. The lowest BCUT2D eigenvalue weighted by atomic mass is 10.0. The fourth-order valence-electron chi connectivity index (χ4n) is 1.31. The summed E-state index contributed by atoms with van der Waals surface area (Å²) < 4.78 is 36.4. The lowest BCUT2D eigenvalue weighted by molar-refractivity contribution is -0.0886. The van der Waals surface area contributed by atoms with E-state index in [1.165, 1.54) is 6.92 Å². The molecule has 0 unspecified atom stereocenters. The molecular weight excluding hydrogens is 225 g/mol. The van der Waals surface area contributed by atoms with Crippen LogP contribution in [-0.4, -0.2) is 22.2 Å². The van der Waals surface area contributed by atoms with Gasteiger partial charge < -0.3 is 10.2 Å². The zero-order valence-electron chi connectivity index (χ0n) is 8.30. The van der Waals surface area contributed by atoms with Gasteiger partial charge in [0.2, 0.25) is 0 Å². The number of benzene rings is 1. The molecule has 0 aliphatic heterocycles. The first kappa shape index (κ1) is 12.4. The molecule has 6 heteroatoms. The molecule has 0 aliphatic rings. The molecule has 88 valence electrons. The smallest absolute Gasteiger partial charge is 0.455 e. The van der Waals surface area contributed by atoms with Crippen LogP contribution in [0.3, 0.4) is 0 Å². The van der Waals surface area contributed by atoms with Gasteiger partial charge in [-0.3, -0.25) is 4.79 Å². The first-order valence-electron chi connectivity index (χ1n) is 4.44. The van der Waals surface area contributed by atoms with Crippen LogP contribution in [0.15, 0.2) is 12.1 Å². The van der Waals surface area contributed by atoms with Crippen LogP contribution in [-0.2, 0) is 6.42 Å². The zero-order valence-corrected chi connectivity index (χ0v) is 8.30. The molecular formula is C10H9F3O3. The highest BCUT2D eigenvalue weighted by Gasteiger charge is 2.41. The second-order valence-corrected chi connectivity index (χ2v) is 3.14. The van der Waals surface area contributed by atoms with Crippen molar-refractivity contribution in [1.82, 2.24) is 0 Å². The van der Waals surface area contributed by atoms with E-state index in [1.807, 2.05) is 0 Å². The Morgan fingerprint density at radius 1 is 1.31 bits per heavy atom. The van der Waals surface area contributed by atoms with Gasteiger partial charge in [0.25, 0.3) is 5.78 Å². The molecule has 0 aliphatic carbocycles. The molecule has 0 aromatic heterocycles. The Hall–Kier alpha value is -1.72. The number of aromatic hydroxyl groups is 2. The van der Waals surface area contributed by atoms with Crippen LogP contribution in [0.25, 0.3) is 0 Å². The lowest BCUT2D eigenvalue weighted by Gasteiger charge is -2.11. The predicted molar refractivity (Wildman–Crippen MR) is 49.5 cm³/mol. The Labute approximate surface area is 89.1 Å². The molecule has 0 bridgehead atoms. The van der Waals surface area contributed by atoms with Crippen LogP contribution in [0.2, 0.25) is 0 Å². The largest absolute Gasteiger partial charge is 0.508 e. The minimum Gasteiger partial charge on any atom is -0.508 e. The van der Waals surface area contributed by atoms with Crippen molar-refractivity contribution in [3.05, 3.63) is 23.3 Å². The van der Waals surface area contributed by atoms with Gasteiger partial charge in [0.1, 0.15) is 11.5 Å². The molecule has 0 saturated carbocycles. The monoisotopic (exact) mass is 234 g/mol. The molecule has 1 rings (SSSR count). The maximum atomic E-state index is 12.1. The topological polar surface area (TPSA) is 57.5 Å². The summed E-state index contributed by atoms with van der Waals surface area (Å²) in [4.78, 5) is 10.9. The van der Waals surface area contributed by atoms with Crippen molar-refractivity contribution in [2.45, 2.75) is 19.5 Å². The van der Waals surface area contributed by atoms with Crippen LogP contribution in [0.5, 0.6) is 11.5 Å². The second-order valence-electron chi connectivity index (χ2n) is 3.14. The van der Waals surface area contributed by atoms with Crippen LogP contribution in [0.4, 0.5) is 13.2 Å². The maximum Gasteiger partial charge on any atom is 0.455 e. The molecule has 3 nitrogen and oxygen atoms in total. The summed E-state index contributed by atoms with van der Waals surface area (Å²) in [5.41, 5.74) is -0.919. The van der Waals surface area contributed by atoms with E-state index >= 15 is 0 Å². The SMILES string of the molecule is CCc1c(O)ccc(C(=O)C(F)(F)F)c1O. The first-order valence-corrected chi connectivity index (χ1v) is 4.44. The average Bonchev–Trinajstić information content (AvgIpc) is 2.16. The van der Waals surface area contributed by atoms with Crippen molar-refractivity contribution in [3.63, 3.8) is 0 Å². The molecule has 2 N–H and O–H groups in total. The molecule has 0 fully saturated rings. The van der Waals surface area contributed by atoms with Gasteiger partial charge in [-0.15, -0.1) is 0 Å². The Kier molecular flexibility index (Phi) is 3.11. The van der Waals surface area contributed by atoms with Crippen LogP contribution < -0.4 is 0 Å². The Balaban J connectivity index is 3.32. The van der Waals surface area contributed by atoms with Crippen molar-refractivity contribution in [2.24, 2.45) is 0 Å². The molecule has 1 aromatic rings. The van der Waals surface area contributed by atoms with E-state index in [4.69, 9.17) is 0 Å².